The highest BCUT2D eigenvalue weighted by molar-refractivity contribution is 5.86. The number of para-hydroxylation sites is 1. The lowest BCUT2D eigenvalue weighted by Crippen LogP contribution is -2.38. The van der Waals surface area contributed by atoms with Crippen molar-refractivity contribution in [3.05, 3.63) is 65.4 Å². The van der Waals surface area contributed by atoms with Crippen molar-refractivity contribution in [1.82, 2.24) is 9.88 Å². The van der Waals surface area contributed by atoms with Crippen LogP contribution in [-0.4, -0.2) is 28.9 Å². The van der Waals surface area contributed by atoms with Crippen molar-refractivity contribution in [1.29, 1.82) is 0 Å². The van der Waals surface area contributed by atoms with E-state index in [4.69, 9.17) is 4.74 Å². The predicted octanol–water partition coefficient (Wildman–Crippen LogP) is 3.44. The Kier molecular flexibility index (Phi) is 3.73. The van der Waals surface area contributed by atoms with E-state index in [-0.39, 0.29) is 12.5 Å². The molecule has 3 aromatic rings. The third-order valence-electron chi connectivity index (χ3n) is 4.59. The fourth-order valence-corrected chi connectivity index (χ4v) is 3.29. The fourth-order valence-electron chi connectivity index (χ4n) is 3.29. The maximum Gasteiger partial charge on any atom is 0.260 e. The molecule has 0 aliphatic carbocycles. The molecule has 0 unspecified atom stereocenters. The zero-order valence-electron chi connectivity index (χ0n) is 13.7. The SMILES string of the molecule is Cc1ccc2[nH]c3c(c2c1)CN(C(=O)COc1ccccc1)CC3. The number of aromatic nitrogens is 1. The molecule has 0 spiro atoms. The number of H-pyrrole nitrogens is 1. The Morgan fingerprint density at radius 2 is 2.04 bits per heavy atom. The van der Waals surface area contributed by atoms with E-state index in [2.05, 4.69) is 30.1 Å². The summed E-state index contributed by atoms with van der Waals surface area (Å²) in [6.07, 6.45) is 0.861. The molecule has 24 heavy (non-hydrogen) atoms. The van der Waals surface area contributed by atoms with Crippen LogP contribution < -0.4 is 4.74 Å². The number of amides is 1. The maximum absolute atomic E-state index is 12.5. The molecule has 4 heteroatoms. The number of hydrogen-bond donors (Lipinski definition) is 1. The van der Waals surface area contributed by atoms with Gasteiger partial charge in [0.25, 0.3) is 5.91 Å². The van der Waals surface area contributed by atoms with Gasteiger partial charge in [-0.1, -0.05) is 29.8 Å². The van der Waals surface area contributed by atoms with Crippen molar-refractivity contribution in [3.63, 3.8) is 0 Å². The van der Waals surface area contributed by atoms with Gasteiger partial charge in [-0.05, 0) is 31.2 Å². The number of ether oxygens (including phenoxy) is 1. The summed E-state index contributed by atoms with van der Waals surface area (Å²) in [6, 6.07) is 15.9. The van der Waals surface area contributed by atoms with Gasteiger partial charge in [0.05, 0.1) is 0 Å². The third kappa shape index (κ3) is 2.75. The Labute approximate surface area is 141 Å². The molecular weight excluding hydrogens is 300 g/mol. The molecule has 0 radical (unpaired) electrons. The van der Waals surface area contributed by atoms with E-state index in [1.807, 2.05) is 35.2 Å². The molecule has 4 nitrogen and oxygen atoms in total. The molecule has 1 amide bonds. The lowest BCUT2D eigenvalue weighted by atomic mass is 10.0. The number of nitrogens with one attached hydrogen (secondary N) is 1. The molecule has 0 bridgehead atoms. The molecule has 0 fully saturated rings. The molecule has 122 valence electrons. The van der Waals surface area contributed by atoms with Crippen molar-refractivity contribution >= 4 is 16.8 Å². The first kappa shape index (κ1) is 14.8. The van der Waals surface area contributed by atoms with E-state index >= 15 is 0 Å². The average Bonchev–Trinajstić information content (AvgIpc) is 2.97. The Morgan fingerprint density at radius 3 is 2.88 bits per heavy atom. The molecule has 2 heterocycles. The summed E-state index contributed by atoms with van der Waals surface area (Å²) in [4.78, 5) is 17.9. The van der Waals surface area contributed by atoms with Crippen molar-refractivity contribution in [2.45, 2.75) is 19.9 Å². The number of aryl methyl sites for hydroxylation is 1. The number of hydrogen-bond acceptors (Lipinski definition) is 2. The first-order chi connectivity index (χ1) is 11.7. The second kappa shape index (κ2) is 6.04. The van der Waals surface area contributed by atoms with Gasteiger partial charge in [0.1, 0.15) is 5.75 Å². The Balaban J connectivity index is 1.50. The van der Waals surface area contributed by atoms with Gasteiger partial charge in [0.2, 0.25) is 0 Å². The van der Waals surface area contributed by atoms with Gasteiger partial charge in [-0.25, -0.2) is 0 Å². The molecule has 2 aromatic carbocycles. The van der Waals surface area contributed by atoms with Crippen molar-refractivity contribution in [3.8, 4) is 5.75 Å². The van der Waals surface area contributed by atoms with E-state index in [1.54, 1.807) is 0 Å². The topological polar surface area (TPSA) is 45.3 Å². The van der Waals surface area contributed by atoms with Crippen LogP contribution >= 0.6 is 0 Å². The number of carbonyl (C=O) groups excluding carboxylic acids is 1. The van der Waals surface area contributed by atoms with E-state index in [0.29, 0.717) is 6.54 Å². The number of rotatable bonds is 3. The third-order valence-corrected chi connectivity index (χ3v) is 4.59. The number of carbonyl (C=O) groups is 1. The van der Waals surface area contributed by atoms with Crippen LogP contribution in [0.15, 0.2) is 48.5 Å². The summed E-state index contributed by atoms with van der Waals surface area (Å²) in [6.45, 7) is 3.56. The smallest absolute Gasteiger partial charge is 0.260 e. The van der Waals surface area contributed by atoms with E-state index in [0.717, 1.165) is 24.2 Å². The molecule has 0 saturated heterocycles. The molecule has 1 aromatic heterocycles. The van der Waals surface area contributed by atoms with Crippen LogP contribution in [-0.2, 0) is 17.8 Å². The first-order valence-corrected chi connectivity index (χ1v) is 8.26. The van der Waals surface area contributed by atoms with Crippen molar-refractivity contribution in [2.75, 3.05) is 13.2 Å². The summed E-state index contributed by atoms with van der Waals surface area (Å²) in [5.41, 5.74) is 4.89. The molecule has 4 rings (SSSR count). The van der Waals surface area contributed by atoms with Crippen LogP contribution in [0.3, 0.4) is 0 Å². The first-order valence-electron chi connectivity index (χ1n) is 8.26. The monoisotopic (exact) mass is 320 g/mol. The highest BCUT2D eigenvalue weighted by atomic mass is 16.5. The summed E-state index contributed by atoms with van der Waals surface area (Å²) < 4.78 is 5.60. The zero-order valence-corrected chi connectivity index (χ0v) is 13.7. The molecule has 0 atom stereocenters. The Hall–Kier alpha value is -2.75. The Bertz CT molecular complexity index is 883. The second-order valence-electron chi connectivity index (χ2n) is 6.30. The van der Waals surface area contributed by atoms with Crippen LogP contribution in [0.5, 0.6) is 5.75 Å². The van der Waals surface area contributed by atoms with Crippen LogP contribution in [0.25, 0.3) is 10.9 Å². The molecule has 1 aliphatic heterocycles. The zero-order chi connectivity index (χ0) is 16.5. The second-order valence-corrected chi connectivity index (χ2v) is 6.30. The fraction of sp³-hybridized carbons (Fsp3) is 0.250. The number of fused-ring (bicyclic) bond motifs is 3. The molecule has 0 saturated carbocycles. The summed E-state index contributed by atoms with van der Waals surface area (Å²) in [5.74, 6) is 0.762. The van der Waals surface area contributed by atoms with Crippen LogP contribution in [0.4, 0.5) is 0 Å². The predicted molar refractivity (Wildman–Crippen MR) is 94.1 cm³/mol. The van der Waals surface area contributed by atoms with Crippen molar-refractivity contribution < 1.29 is 9.53 Å². The van der Waals surface area contributed by atoms with Crippen molar-refractivity contribution in [2.24, 2.45) is 0 Å². The minimum atomic E-state index is 0.0338. The van der Waals surface area contributed by atoms with E-state index in [9.17, 15) is 4.79 Å². The van der Waals surface area contributed by atoms with E-state index in [1.165, 1.54) is 22.2 Å². The van der Waals surface area contributed by atoms with Gasteiger partial charge in [0, 0.05) is 41.7 Å². The van der Waals surface area contributed by atoms with Gasteiger partial charge in [-0.15, -0.1) is 0 Å². The minimum Gasteiger partial charge on any atom is -0.484 e. The summed E-state index contributed by atoms with van der Waals surface area (Å²) >= 11 is 0. The Morgan fingerprint density at radius 1 is 1.21 bits per heavy atom. The van der Waals surface area contributed by atoms with Gasteiger partial charge in [0.15, 0.2) is 6.61 Å². The quantitative estimate of drug-likeness (QED) is 0.803. The van der Waals surface area contributed by atoms with Gasteiger partial charge < -0.3 is 14.6 Å². The highest BCUT2D eigenvalue weighted by Gasteiger charge is 2.24. The van der Waals surface area contributed by atoms with Crippen LogP contribution in [0, 0.1) is 6.92 Å². The number of aromatic amines is 1. The van der Waals surface area contributed by atoms with Gasteiger partial charge in [-0.3, -0.25) is 4.79 Å². The lowest BCUT2D eigenvalue weighted by Gasteiger charge is -2.27. The number of benzene rings is 2. The molecule has 1 N–H and O–H groups in total. The van der Waals surface area contributed by atoms with Crippen LogP contribution in [0.1, 0.15) is 16.8 Å². The van der Waals surface area contributed by atoms with Gasteiger partial charge >= 0.3 is 0 Å². The summed E-state index contributed by atoms with van der Waals surface area (Å²) in [5, 5.41) is 1.23. The normalized spacial score (nSPS) is 13.8. The maximum atomic E-state index is 12.5. The average molecular weight is 320 g/mol. The number of nitrogens with zero attached hydrogens (tertiary/aromatic N) is 1. The standard InChI is InChI=1S/C20H20N2O2/c1-14-7-8-18-16(11-14)17-12-22(10-9-19(17)21-18)20(23)13-24-15-5-3-2-4-6-15/h2-8,11,21H,9-10,12-13H2,1H3. The van der Waals surface area contributed by atoms with Crippen LogP contribution in [0.2, 0.25) is 0 Å². The summed E-state index contributed by atoms with van der Waals surface area (Å²) in [7, 11) is 0. The largest absolute Gasteiger partial charge is 0.484 e. The minimum absolute atomic E-state index is 0.0338. The molecular formula is C20H20N2O2. The highest BCUT2D eigenvalue weighted by Crippen LogP contribution is 2.28. The van der Waals surface area contributed by atoms with E-state index < -0.39 is 0 Å². The molecule has 1 aliphatic rings. The lowest BCUT2D eigenvalue weighted by molar-refractivity contribution is -0.134. The van der Waals surface area contributed by atoms with Gasteiger partial charge in [-0.2, -0.15) is 0 Å².